The number of hydrogen-bond acceptors (Lipinski definition) is 4. The molecule has 2 unspecified atom stereocenters. The first-order valence-electron chi connectivity index (χ1n) is 8.71. The minimum atomic E-state index is -4.16. The van der Waals surface area contributed by atoms with Crippen molar-refractivity contribution in [2.45, 2.75) is 24.7 Å². The van der Waals surface area contributed by atoms with Crippen LogP contribution in [0.5, 0.6) is 0 Å². The van der Waals surface area contributed by atoms with Gasteiger partial charge in [0.15, 0.2) is 5.96 Å². The van der Waals surface area contributed by atoms with E-state index in [2.05, 4.69) is 20.3 Å². The maximum Gasteiger partial charge on any atom is 0.401 e. The standard InChI is InChI=1S/C16H25F3N6O/c1-20-15(22-13-3-4-24(9-13)11-16(17,18)19)25-5-6-26-14(10-25)12-7-21-23(2)8-12/h7-8,13-14H,3-6,9-11H2,1-2H3,(H,20,22). The normalized spacial score (nSPS) is 25.7. The van der Waals surface area contributed by atoms with Gasteiger partial charge >= 0.3 is 6.18 Å². The number of morpholine rings is 1. The highest BCUT2D eigenvalue weighted by Gasteiger charge is 2.35. The molecule has 0 aliphatic carbocycles. The number of hydrogen-bond donors (Lipinski definition) is 1. The molecule has 0 saturated carbocycles. The van der Waals surface area contributed by atoms with E-state index in [-0.39, 0.29) is 12.1 Å². The van der Waals surface area contributed by atoms with Gasteiger partial charge in [0.2, 0.25) is 0 Å². The first-order valence-corrected chi connectivity index (χ1v) is 8.71. The lowest BCUT2D eigenvalue weighted by Crippen LogP contribution is -2.51. The summed E-state index contributed by atoms with van der Waals surface area (Å²) in [5.41, 5.74) is 1.00. The Morgan fingerprint density at radius 1 is 1.38 bits per heavy atom. The lowest BCUT2D eigenvalue weighted by Gasteiger charge is -2.35. The van der Waals surface area contributed by atoms with Crippen molar-refractivity contribution in [3.63, 3.8) is 0 Å². The Balaban J connectivity index is 1.55. The number of aryl methyl sites for hydroxylation is 1. The van der Waals surface area contributed by atoms with E-state index in [0.29, 0.717) is 45.2 Å². The zero-order valence-corrected chi connectivity index (χ0v) is 15.0. The SMILES string of the molecule is CN=C(NC1CCN(CC(F)(F)F)C1)N1CCOC(c2cnn(C)c2)C1. The Bertz CT molecular complexity index is 632. The van der Waals surface area contributed by atoms with Crippen LogP contribution in [-0.2, 0) is 11.8 Å². The highest BCUT2D eigenvalue weighted by atomic mass is 19.4. The maximum absolute atomic E-state index is 12.5. The molecule has 3 rings (SSSR count). The van der Waals surface area contributed by atoms with Gasteiger partial charge in [0.1, 0.15) is 6.10 Å². The summed E-state index contributed by atoms with van der Waals surface area (Å²) >= 11 is 0. The van der Waals surface area contributed by atoms with E-state index in [0.717, 1.165) is 5.56 Å². The molecule has 0 radical (unpaired) electrons. The van der Waals surface area contributed by atoms with E-state index in [9.17, 15) is 13.2 Å². The molecule has 2 aliphatic heterocycles. The van der Waals surface area contributed by atoms with Gasteiger partial charge < -0.3 is 15.0 Å². The van der Waals surface area contributed by atoms with Gasteiger partial charge in [-0.05, 0) is 6.42 Å². The number of guanidine groups is 1. The summed E-state index contributed by atoms with van der Waals surface area (Å²) in [4.78, 5) is 7.85. The Labute approximate surface area is 150 Å². The Hall–Kier alpha value is -1.81. The number of aliphatic imine (C=N–C) groups is 1. The molecule has 1 aromatic rings. The van der Waals surface area contributed by atoms with E-state index in [4.69, 9.17) is 4.74 Å². The third-order valence-corrected chi connectivity index (χ3v) is 4.68. The average molecular weight is 374 g/mol. The second-order valence-corrected chi connectivity index (χ2v) is 6.78. The van der Waals surface area contributed by atoms with E-state index in [1.54, 1.807) is 17.9 Å². The van der Waals surface area contributed by atoms with Crippen molar-refractivity contribution in [1.82, 2.24) is 24.9 Å². The fraction of sp³-hybridized carbons (Fsp3) is 0.750. The van der Waals surface area contributed by atoms with Crippen molar-refractivity contribution in [3.8, 4) is 0 Å². The molecular formula is C16H25F3N6O. The van der Waals surface area contributed by atoms with Crippen LogP contribution in [-0.4, -0.2) is 84.1 Å². The van der Waals surface area contributed by atoms with Gasteiger partial charge in [0.25, 0.3) is 0 Å². The largest absolute Gasteiger partial charge is 0.401 e. The van der Waals surface area contributed by atoms with Crippen molar-refractivity contribution < 1.29 is 17.9 Å². The van der Waals surface area contributed by atoms with Crippen molar-refractivity contribution in [3.05, 3.63) is 18.0 Å². The molecule has 0 aromatic carbocycles. The number of ether oxygens (including phenoxy) is 1. The van der Waals surface area contributed by atoms with Crippen LogP contribution in [0.4, 0.5) is 13.2 Å². The van der Waals surface area contributed by atoms with Crippen molar-refractivity contribution in [2.75, 3.05) is 46.4 Å². The molecule has 10 heteroatoms. The van der Waals surface area contributed by atoms with Crippen LogP contribution in [0.2, 0.25) is 0 Å². The molecule has 0 bridgehead atoms. The molecular weight excluding hydrogens is 349 g/mol. The van der Waals surface area contributed by atoms with Gasteiger partial charge in [-0.2, -0.15) is 18.3 Å². The Kier molecular flexibility index (Phi) is 5.71. The lowest BCUT2D eigenvalue weighted by molar-refractivity contribution is -0.143. The topological polar surface area (TPSA) is 57.9 Å². The average Bonchev–Trinajstić information content (AvgIpc) is 3.20. The van der Waals surface area contributed by atoms with Crippen molar-refractivity contribution >= 4 is 5.96 Å². The lowest BCUT2D eigenvalue weighted by atomic mass is 10.1. The molecule has 2 saturated heterocycles. The summed E-state index contributed by atoms with van der Waals surface area (Å²) in [5.74, 6) is 0.709. The summed E-state index contributed by atoms with van der Waals surface area (Å²) in [7, 11) is 3.55. The number of aromatic nitrogens is 2. The quantitative estimate of drug-likeness (QED) is 0.632. The predicted molar refractivity (Wildman–Crippen MR) is 90.9 cm³/mol. The van der Waals surface area contributed by atoms with Gasteiger partial charge in [-0.3, -0.25) is 14.6 Å². The summed E-state index contributed by atoms with van der Waals surface area (Å²) in [6, 6.07) is -0.0317. The maximum atomic E-state index is 12.5. The molecule has 2 aliphatic rings. The highest BCUT2D eigenvalue weighted by Crippen LogP contribution is 2.23. The monoisotopic (exact) mass is 374 g/mol. The van der Waals surface area contributed by atoms with Crippen LogP contribution in [0.3, 0.4) is 0 Å². The summed E-state index contributed by atoms with van der Waals surface area (Å²) in [6.45, 7) is 1.83. The van der Waals surface area contributed by atoms with Crippen LogP contribution in [0.25, 0.3) is 0 Å². The first kappa shape index (κ1) is 19.0. The summed E-state index contributed by atoms with van der Waals surface area (Å²) in [6.07, 6.45) is 0.136. The third kappa shape index (κ3) is 4.88. The van der Waals surface area contributed by atoms with Crippen molar-refractivity contribution in [2.24, 2.45) is 12.0 Å². The molecule has 1 N–H and O–H groups in total. The van der Waals surface area contributed by atoms with E-state index in [1.807, 2.05) is 13.2 Å². The number of halogens is 3. The minimum absolute atomic E-state index is 0.0317. The highest BCUT2D eigenvalue weighted by molar-refractivity contribution is 5.80. The Morgan fingerprint density at radius 2 is 2.19 bits per heavy atom. The molecule has 3 heterocycles. The Morgan fingerprint density at radius 3 is 2.85 bits per heavy atom. The third-order valence-electron chi connectivity index (χ3n) is 4.68. The summed E-state index contributed by atoms with van der Waals surface area (Å²) in [5, 5.41) is 7.50. The summed E-state index contributed by atoms with van der Waals surface area (Å²) < 4.78 is 45.2. The zero-order valence-electron chi connectivity index (χ0n) is 15.0. The minimum Gasteiger partial charge on any atom is -0.370 e. The van der Waals surface area contributed by atoms with Gasteiger partial charge in [0, 0.05) is 51.5 Å². The molecule has 2 fully saturated rings. The molecule has 26 heavy (non-hydrogen) atoms. The fourth-order valence-corrected chi connectivity index (χ4v) is 3.48. The number of likely N-dealkylation sites (tertiary alicyclic amines) is 1. The predicted octanol–water partition coefficient (Wildman–Crippen LogP) is 1.01. The van der Waals surface area contributed by atoms with Crippen LogP contribution >= 0.6 is 0 Å². The molecule has 1 aromatic heterocycles. The number of nitrogens with one attached hydrogen (secondary N) is 1. The molecule has 0 spiro atoms. The number of nitrogens with zero attached hydrogens (tertiary/aromatic N) is 5. The van der Waals surface area contributed by atoms with Gasteiger partial charge in [0.05, 0.1) is 25.9 Å². The van der Waals surface area contributed by atoms with Crippen LogP contribution < -0.4 is 5.32 Å². The molecule has 146 valence electrons. The molecule has 7 nitrogen and oxygen atoms in total. The second kappa shape index (κ2) is 7.83. The van der Waals surface area contributed by atoms with Gasteiger partial charge in [-0.25, -0.2) is 0 Å². The van der Waals surface area contributed by atoms with Gasteiger partial charge in [-0.1, -0.05) is 0 Å². The molecule has 2 atom stereocenters. The van der Waals surface area contributed by atoms with E-state index in [1.165, 1.54) is 4.90 Å². The second-order valence-electron chi connectivity index (χ2n) is 6.78. The molecule has 0 amide bonds. The van der Waals surface area contributed by atoms with Crippen LogP contribution in [0, 0.1) is 0 Å². The number of rotatable bonds is 3. The van der Waals surface area contributed by atoms with Crippen molar-refractivity contribution in [1.29, 1.82) is 0 Å². The van der Waals surface area contributed by atoms with Crippen LogP contribution in [0.15, 0.2) is 17.4 Å². The number of alkyl halides is 3. The first-order chi connectivity index (χ1) is 12.3. The van der Waals surface area contributed by atoms with E-state index >= 15 is 0 Å². The van der Waals surface area contributed by atoms with Gasteiger partial charge in [-0.15, -0.1) is 0 Å². The fourth-order valence-electron chi connectivity index (χ4n) is 3.48. The van der Waals surface area contributed by atoms with E-state index < -0.39 is 12.7 Å². The zero-order chi connectivity index (χ0) is 18.7. The van der Waals surface area contributed by atoms with Crippen LogP contribution in [0.1, 0.15) is 18.1 Å². The smallest absolute Gasteiger partial charge is 0.370 e.